The molecule has 4 aliphatic rings. The van der Waals surface area contributed by atoms with Gasteiger partial charge in [0.05, 0.1) is 0 Å². The van der Waals surface area contributed by atoms with Crippen LogP contribution in [0.15, 0.2) is 193 Å². The quantitative estimate of drug-likeness (QED) is 0.124. The molecule has 0 heterocycles. The number of hydrogen-bond donors (Lipinski definition) is 0. The zero-order valence-corrected chi connectivity index (χ0v) is 34.8. The van der Waals surface area contributed by atoms with Gasteiger partial charge in [0.25, 0.3) is 0 Å². The summed E-state index contributed by atoms with van der Waals surface area (Å²) in [5, 5.41) is 7.70. The van der Waals surface area contributed by atoms with Gasteiger partial charge in [-0.05, 0) is 146 Å². The Kier molecular flexibility index (Phi) is 6.91. The zero-order valence-electron chi connectivity index (χ0n) is 34.8. The molecule has 0 heteroatoms. The number of hydrogen-bond acceptors (Lipinski definition) is 0. The topological polar surface area (TPSA) is 0 Å². The zero-order chi connectivity index (χ0) is 40.8. The van der Waals surface area contributed by atoms with Crippen molar-refractivity contribution in [2.45, 2.75) is 38.5 Å². The molecule has 0 unspecified atom stereocenters. The lowest BCUT2D eigenvalue weighted by Gasteiger charge is -2.31. The Morgan fingerprint density at radius 3 is 1.70 bits per heavy atom. The predicted molar refractivity (Wildman–Crippen MR) is 259 cm³/mol. The molecule has 61 heavy (non-hydrogen) atoms. The van der Waals surface area contributed by atoms with E-state index in [2.05, 4.69) is 215 Å². The second-order valence-electron chi connectivity index (χ2n) is 18.5. The van der Waals surface area contributed by atoms with E-state index in [0.717, 1.165) is 5.57 Å². The van der Waals surface area contributed by atoms with Crippen LogP contribution in [0.2, 0.25) is 0 Å². The molecule has 286 valence electrons. The van der Waals surface area contributed by atoms with Crippen molar-refractivity contribution in [3.05, 3.63) is 221 Å². The second-order valence-corrected chi connectivity index (χ2v) is 18.5. The molecule has 0 fully saturated rings. The van der Waals surface area contributed by atoms with Gasteiger partial charge in [-0.15, -0.1) is 5.73 Å². The summed E-state index contributed by atoms with van der Waals surface area (Å²) in [5.74, 6) is 0. The highest BCUT2D eigenvalue weighted by Gasteiger charge is 2.36. The fourth-order valence-electron chi connectivity index (χ4n) is 11.5. The summed E-state index contributed by atoms with van der Waals surface area (Å²) in [6.07, 6.45) is 7.08. The van der Waals surface area contributed by atoms with E-state index in [1.54, 1.807) is 0 Å². The van der Waals surface area contributed by atoms with Crippen LogP contribution in [-0.4, -0.2) is 0 Å². The van der Waals surface area contributed by atoms with Crippen molar-refractivity contribution < 1.29 is 0 Å². The molecule has 0 amide bonds. The maximum absolute atomic E-state index is 3.89. The smallest absolute Gasteiger partial charge is 0.0243 e. The minimum absolute atomic E-state index is 0.101. The van der Waals surface area contributed by atoms with E-state index >= 15 is 0 Å². The van der Waals surface area contributed by atoms with Crippen LogP contribution in [0, 0.1) is 0 Å². The first kappa shape index (κ1) is 34.6. The van der Waals surface area contributed by atoms with Crippen molar-refractivity contribution in [3.63, 3.8) is 0 Å². The van der Waals surface area contributed by atoms with Crippen LogP contribution in [0.3, 0.4) is 0 Å². The normalized spacial score (nSPS) is 15.8. The first-order chi connectivity index (χ1) is 29.8. The summed E-state index contributed by atoms with van der Waals surface area (Å²) < 4.78 is 0. The van der Waals surface area contributed by atoms with Crippen LogP contribution in [-0.2, 0) is 10.8 Å². The molecule has 4 aliphatic carbocycles. The molecule has 0 spiro atoms. The largest absolute Gasteiger partial charge is 0.108 e. The van der Waals surface area contributed by atoms with Crippen molar-refractivity contribution in [1.29, 1.82) is 0 Å². The van der Waals surface area contributed by atoms with E-state index < -0.39 is 0 Å². The van der Waals surface area contributed by atoms with Gasteiger partial charge in [-0.2, -0.15) is 0 Å². The van der Waals surface area contributed by atoms with E-state index in [1.165, 1.54) is 127 Å². The Morgan fingerprint density at radius 1 is 0.361 bits per heavy atom. The van der Waals surface area contributed by atoms with Crippen molar-refractivity contribution in [3.8, 4) is 55.6 Å². The fraction of sp³-hybridized carbons (Fsp3) is 0.0984. The molecule has 0 saturated carbocycles. The third-order valence-electron chi connectivity index (χ3n) is 14.6. The lowest BCUT2D eigenvalue weighted by molar-refractivity contribution is 0.636. The highest BCUT2D eigenvalue weighted by Crippen LogP contribution is 2.53. The maximum Gasteiger partial charge on any atom is 0.0243 e. The Labute approximate surface area is 357 Å². The fourth-order valence-corrected chi connectivity index (χ4v) is 11.5. The van der Waals surface area contributed by atoms with E-state index in [1.807, 2.05) is 0 Å². The summed E-state index contributed by atoms with van der Waals surface area (Å²) >= 11 is 0. The van der Waals surface area contributed by atoms with Crippen LogP contribution >= 0.6 is 0 Å². The van der Waals surface area contributed by atoms with Gasteiger partial charge in [-0.3, -0.25) is 0 Å². The van der Waals surface area contributed by atoms with Gasteiger partial charge in [0.15, 0.2) is 0 Å². The molecule has 2 bridgehead atoms. The van der Waals surface area contributed by atoms with E-state index in [4.69, 9.17) is 0 Å². The molecule has 0 atom stereocenters. The standard InChI is InChI=1S/C61H42/c1-60(2)40-32-36(42-14-9-11-22-54(42)60)24-25-38(33-40)58-50-19-8-7-18-49(50)57(39-27-28-46-45-17-10-12-23-55(45)61(3,4)56(46)35-39)52-29-26-37(34-53(52)58)41-30-31-51-44-16-6-5-15-43(44)48-21-13-20-47(41)59(48)51/h5-31,33-35H,1-4H3. The Hall–Kier alpha value is -7.24. The van der Waals surface area contributed by atoms with Crippen LogP contribution in [0.1, 0.15) is 55.5 Å². The third kappa shape index (κ3) is 4.66. The molecular formula is C61H42. The minimum atomic E-state index is -0.203. The maximum atomic E-state index is 3.89. The average molecular weight is 775 g/mol. The van der Waals surface area contributed by atoms with Gasteiger partial charge in [-0.1, -0.05) is 185 Å². The van der Waals surface area contributed by atoms with Gasteiger partial charge >= 0.3 is 0 Å². The molecule has 0 nitrogen and oxygen atoms in total. The molecular weight excluding hydrogens is 733 g/mol. The first-order valence-electron chi connectivity index (χ1n) is 21.7. The van der Waals surface area contributed by atoms with Crippen LogP contribution in [0.25, 0.3) is 99.1 Å². The molecule has 0 aliphatic heterocycles. The van der Waals surface area contributed by atoms with Crippen molar-refractivity contribution >= 4 is 43.5 Å². The van der Waals surface area contributed by atoms with Gasteiger partial charge < -0.3 is 0 Å². The molecule has 13 rings (SSSR count). The molecule has 0 radical (unpaired) electrons. The summed E-state index contributed by atoms with van der Waals surface area (Å²) in [6.45, 7) is 9.47. The number of allylic oxidation sites excluding steroid dienone is 5. The lowest BCUT2D eigenvalue weighted by Crippen LogP contribution is -2.22. The molecule has 9 aromatic rings. The van der Waals surface area contributed by atoms with Crippen LogP contribution in [0.5, 0.6) is 0 Å². The van der Waals surface area contributed by atoms with Gasteiger partial charge in [0.1, 0.15) is 0 Å². The number of rotatable bonds is 3. The van der Waals surface area contributed by atoms with Gasteiger partial charge in [0.2, 0.25) is 0 Å². The molecule has 9 aromatic carbocycles. The predicted octanol–water partition coefficient (Wildman–Crippen LogP) is 16.3. The van der Waals surface area contributed by atoms with Gasteiger partial charge in [0, 0.05) is 22.0 Å². The van der Waals surface area contributed by atoms with Crippen molar-refractivity contribution in [1.82, 2.24) is 0 Å². The van der Waals surface area contributed by atoms with E-state index in [9.17, 15) is 0 Å². The summed E-state index contributed by atoms with van der Waals surface area (Å²) in [6, 6.07) is 61.9. The SMILES string of the molecule is CC1(C)C2=C=C(C=CC(c3c4ccccc4c(-c4ccc5c(c4)C(C)(C)c4ccccc4-5)c4ccc(-c5ccc6c7c(cccc57)-c5ccccc5-6)cc34)=C2)c2ccccc21. The van der Waals surface area contributed by atoms with Crippen LogP contribution in [0.4, 0.5) is 0 Å². The van der Waals surface area contributed by atoms with Crippen molar-refractivity contribution in [2.24, 2.45) is 0 Å². The highest BCUT2D eigenvalue weighted by atomic mass is 14.4. The lowest BCUT2D eigenvalue weighted by atomic mass is 9.71. The second kappa shape index (κ2) is 12.2. The molecule has 0 N–H and O–H groups in total. The van der Waals surface area contributed by atoms with E-state index in [-0.39, 0.29) is 10.8 Å². The monoisotopic (exact) mass is 774 g/mol. The Morgan fingerprint density at radius 2 is 0.918 bits per heavy atom. The van der Waals surface area contributed by atoms with E-state index in [0.29, 0.717) is 0 Å². The number of fused-ring (bicyclic) bond motifs is 10. The van der Waals surface area contributed by atoms with Gasteiger partial charge in [-0.25, -0.2) is 0 Å². The average Bonchev–Trinajstić information content (AvgIpc) is 3.62. The third-order valence-corrected chi connectivity index (χ3v) is 14.6. The first-order valence-corrected chi connectivity index (χ1v) is 21.7. The Balaban J connectivity index is 1.10. The minimum Gasteiger partial charge on any atom is -0.108 e. The summed E-state index contributed by atoms with van der Waals surface area (Å²) in [7, 11) is 0. The molecule has 0 saturated heterocycles. The van der Waals surface area contributed by atoms with Crippen molar-refractivity contribution in [2.75, 3.05) is 0 Å². The molecule has 0 aromatic heterocycles. The highest BCUT2D eigenvalue weighted by molar-refractivity contribution is 6.22. The van der Waals surface area contributed by atoms with Crippen LogP contribution < -0.4 is 0 Å². The summed E-state index contributed by atoms with van der Waals surface area (Å²) in [5.41, 5.74) is 26.9. The summed E-state index contributed by atoms with van der Waals surface area (Å²) in [4.78, 5) is 0. The Bertz CT molecular complexity index is 3580. The number of benzene rings is 9.